The van der Waals surface area contributed by atoms with Gasteiger partial charge in [-0.3, -0.25) is 19.8 Å². The first-order chi connectivity index (χ1) is 12.5. The SMILES string of the molecule is CN(C)c1ccc(/C=C/C=C2\C(=O)NC(=O)N(C3CCCC3)C2=O)cc1. The van der Waals surface area contributed by atoms with Gasteiger partial charge in [-0.2, -0.15) is 0 Å². The predicted molar refractivity (Wildman–Crippen MR) is 101 cm³/mol. The van der Waals surface area contributed by atoms with Crippen LogP contribution in [0.1, 0.15) is 31.2 Å². The Kier molecular flexibility index (Phi) is 5.21. The van der Waals surface area contributed by atoms with E-state index in [2.05, 4.69) is 5.32 Å². The zero-order chi connectivity index (χ0) is 18.7. The van der Waals surface area contributed by atoms with E-state index >= 15 is 0 Å². The molecule has 2 aliphatic rings. The number of rotatable bonds is 4. The lowest BCUT2D eigenvalue weighted by atomic mass is 10.1. The van der Waals surface area contributed by atoms with Gasteiger partial charge in [-0.1, -0.05) is 37.1 Å². The first-order valence-corrected chi connectivity index (χ1v) is 8.82. The standard InChI is InChI=1S/C20H23N3O3/c1-22(2)15-12-10-14(11-13-15)6-5-9-17-18(24)21-20(26)23(19(17)25)16-7-3-4-8-16/h5-6,9-13,16H,3-4,7-8H2,1-2H3,(H,21,24,26)/b6-5+,17-9+. The summed E-state index contributed by atoms with van der Waals surface area (Å²) in [7, 11) is 3.94. The van der Waals surface area contributed by atoms with E-state index in [9.17, 15) is 14.4 Å². The molecule has 1 saturated heterocycles. The molecule has 4 amide bonds. The Morgan fingerprint density at radius 1 is 1.08 bits per heavy atom. The van der Waals surface area contributed by atoms with Gasteiger partial charge < -0.3 is 4.90 Å². The van der Waals surface area contributed by atoms with E-state index in [1.807, 2.05) is 49.3 Å². The van der Waals surface area contributed by atoms with Gasteiger partial charge in [0.25, 0.3) is 11.8 Å². The number of carbonyl (C=O) groups is 3. The van der Waals surface area contributed by atoms with Crippen LogP contribution < -0.4 is 10.2 Å². The number of hydrogen-bond acceptors (Lipinski definition) is 4. The van der Waals surface area contributed by atoms with E-state index in [0.717, 1.165) is 36.9 Å². The second kappa shape index (κ2) is 7.56. The molecule has 6 heteroatoms. The molecular formula is C20H23N3O3. The van der Waals surface area contributed by atoms with Crippen LogP contribution in [0.2, 0.25) is 0 Å². The maximum atomic E-state index is 12.6. The molecule has 0 bridgehead atoms. The second-order valence-corrected chi connectivity index (χ2v) is 6.80. The quantitative estimate of drug-likeness (QED) is 0.667. The van der Waals surface area contributed by atoms with Crippen molar-refractivity contribution in [2.75, 3.05) is 19.0 Å². The van der Waals surface area contributed by atoms with Crippen molar-refractivity contribution in [1.82, 2.24) is 10.2 Å². The van der Waals surface area contributed by atoms with Crippen molar-refractivity contribution in [1.29, 1.82) is 0 Å². The largest absolute Gasteiger partial charge is 0.378 e. The van der Waals surface area contributed by atoms with E-state index in [-0.39, 0.29) is 11.6 Å². The van der Waals surface area contributed by atoms with Gasteiger partial charge >= 0.3 is 6.03 Å². The summed E-state index contributed by atoms with van der Waals surface area (Å²) in [5.41, 5.74) is 2.05. The fourth-order valence-corrected chi connectivity index (χ4v) is 3.32. The minimum atomic E-state index is -0.637. The van der Waals surface area contributed by atoms with Crippen LogP contribution in [0.5, 0.6) is 0 Å². The fraction of sp³-hybridized carbons (Fsp3) is 0.350. The molecule has 26 heavy (non-hydrogen) atoms. The molecule has 0 atom stereocenters. The summed E-state index contributed by atoms with van der Waals surface area (Å²) >= 11 is 0. The zero-order valence-corrected chi connectivity index (χ0v) is 15.1. The summed E-state index contributed by atoms with van der Waals surface area (Å²) in [5, 5.41) is 2.27. The third-order valence-corrected chi connectivity index (χ3v) is 4.78. The van der Waals surface area contributed by atoms with Crippen molar-refractivity contribution < 1.29 is 14.4 Å². The van der Waals surface area contributed by atoms with Crippen molar-refractivity contribution in [3.05, 3.63) is 47.6 Å². The monoisotopic (exact) mass is 353 g/mol. The number of imide groups is 2. The minimum Gasteiger partial charge on any atom is -0.378 e. The van der Waals surface area contributed by atoms with Crippen LogP contribution in [0, 0.1) is 0 Å². The Labute approximate surface area is 153 Å². The Bertz CT molecular complexity index is 772. The van der Waals surface area contributed by atoms with Crippen LogP contribution >= 0.6 is 0 Å². The van der Waals surface area contributed by atoms with Gasteiger partial charge in [0.2, 0.25) is 0 Å². The molecule has 1 N–H and O–H groups in total. The maximum absolute atomic E-state index is 12.6. The molecule has 6 nitrogen and oxygen atoms in total. The second-order valence-electron chi connectivity index (χ2n) is 6.80. The highest BCUT2D eigenvalue weighted by atomic mass is 16.2. The number of nitrogens with one attached hydrogen (secondary N) is 1. The molecule has 1 aromatic carbocycles. The first kappa shape index (κ1) is 17.9. The number of allylic oxidation sites excluding steroid dienone is 2. The van der Waals surface area contributed by atoms with Crippen LogP contribution in [-0.4, -0.2) is 42.9 Å². The van der Waals surface area contributed by atoms with E-state index in [1.165, 1.54) is 11.0 Å². The lowest BCUT2D eigenvalue weighted by Gasteiger charge is -2.30. The molecule has 1 aliphatic heterocycles. The molecule has 1 aliphatic carbocycles. The van der Waals surface area contributed by atoms with Gasteiger partial charge in [0, 0.05) is 25.8 Å². The molecule has 1 heterocycles. The van der Waals surface area contributed by atoms with Crippen molar-refractivity contribution >= 4 is 29.6 Å². The third kappa shape index (κ3) is 3.69. The molecule has 1 aromatic rings. The molecular weight excluding hydrogens is 330 g/mol. The van der Waals surface area contributed by atoms with Gasteiger partial charge in [-0.25, -0.2) is 4.79 Å². The number of urea groups is 1. The highest BCUT2D eigenvalue weighted by molar-refractivity contribution is 6.29. The van der Waals surface area contributed by atoms with Gasteiger partial charge in [-0.15, -0.1) is 0 Å². The molecule has 0 spiro atoms. The number of anilines is 1. The Hall–Kier alpha value is -2.89. The molecule has 0 unspecified atom stereocenters. The van der Waals surface area contributed by atoms with Crippen LogP contribution in [0.3, 0.4) is 0 Å². The van der Waals surface area contributed by atoms with Gasteiger partial charge in [0.1, 0.15) is 5.57 Å². The summed E-state index contributed by atoms with van der Waals surface area (Å²) in [6.07, 6.45) is 8.56. The van der Waals surface area contributed by atoms with Crippen molar-refractivity contribution in [2.45, 2.75) is 31.7 Å². The van der Waals surface area contributed by atoms with Crippen molar-refractivity contribution in [3.8, 4) is 0 Å². The van der Waals surface area contributed by atoms with Crippen LogP contribution in [-0.2, 0) is 9.59 Å². The Balaban J connectivity index is 1.76. The highest BCUT2D eigenvalue weighted by Gasteiger charge is 2.40. The Morgan fingerprint density at radius 3 is 2.35 bits per heavy atom. The van der Waals surface area contributed by atoms with Crippen molar-refractivity contribution in [3.63, 3.8) is 0 Å². The molecule has 136 valence electrons. The number of carbonyl (C=O) groups excluding carboxylic acids is 3. The number of amides is 4. The number of barbiturate groups is 1. The average Bonchev–Trinajstić information content (AvgIpc) is 3.12. The van der Waals surface area contributed by atoms with Crippen molar-refractivity contribution in [2.24, 2.45) is 0 Å². The summed E-state index contributed by atoms with van der Waals surface area (Å²) in [6, 6.07) is 7.19. The normalized spacial score (nSPS) is 20.3. The van der Waals surface area contributed by atoms with Crippen LogP contribution in [0.25, 0.3) is 6.08 Å². The smallest absolute Gasteiger partial charge is 0.331 e. The van der Waals surface area contributed by atoms with E-state index in [1.54, 1.807) is 6.08 Å². The number of nitrogens with zero attached hydrogens (tertiary/aromatic N) is 2. The Morgan fingerprint density at radius 2 is 1.73 bits per heavy atom. The van der Waals surface area contributed by atoms with Gasteiger partial charge in [0.15, 0.2) is 0 Å². The van der Waals surface area contributed by atoms with Crippen LogP contribution in [0.4, 0.5) is 10.5 Å². The van der Waals surface area contributed by atoms with E-state index < -0.39 is 17.8 Å². The van der Waals surface area contributed by atoms with E-state index in [4.69, 9.17) is 0 Å². The molecule has 3 rings (SSSR count). The lowest BCUT2D eigenvalue weighted by molar-refractivity contribution is -0.131. The highest BCUT2D eigenvalue weighted by Crippen LogP contribution is 2.26. The number of hydrogen-bond donors (Lipinski definition) is 1. The third-order valence-electron chi connectivity index (χ3n) is 4.78. The summed E-state index contributed by atoms with van der Waals surface area (Å²) in [4.78, 5) is 40.0. The van der Waals surface area contributed by atoms with Gasteiger partial charge in [-0.05, 0) is 36.6 Å². The summed E-state index contributed by atoms with van der Waals surface area (Å²) in [5.74, 6) is -1.14. The minimum absolute atomic E-state index is 0.00217. The van der Waals surface area contributed by atoms with E-state index in [0.29, 0.717) is 0 Å². The fourth-order valence-electron chi connectivity index (χ4n) is 3.32. The first-order valence-electron chi connectivity index (χ1n) is 8.82. The average molecular weight is 353 g/mol. The predicted octanol–water partition coefficient (Wildman–Crippen LogP) is 2.71. The number of benzene rings is 1. The molecule has 0 radical (unpaired) electrons. The summed E-state index contributed by atoms with van der Waals surface area (Å²) in [6.45, 7) is 0. The molecule has 0 aromatic heterocycles. The zero-order valence-electron chi connectivity index (χ0n) is 15.1. The molecule has 2 fully saturated rings. The van der Waals surface area contributed by atoms with Gasteiger partial charge in [0.05, 0.1) is 0 Å². The lowest BCUT2D eigenvalue weighted by Crippen LogP contribution is -2.57. The maximum Gasteiger partial charge on any atom is 0.331 e. The summed E-state index contributed by atoms with van der Waals surface area (Å²) < 4.78 is 0. The van der Waals surface area contributed by atoms with Crippen LogP contribution in [0.15, 0.2) is 42.0 Å². The topological polar surface area (TPSA) is 69.7 Å². The molecule has 1 saturated carbocycles.